The molecular weight excluding hydrogens is 266 g/mol. The summed E-state index contributed by atoms with van der Waals surface area (Å²) >= 11 is 0. The first kappa shape index (κ1) is 14.9. The van der Waals surface area contributed by atoms with Crippen molar-refractivity contribution in [3.8, 4) is 0 Å². The highest BCUT2D eigenvalue weighted by Crippen LogP contribution is 2.19. The molecule has 0 radical (unpaired) electrons. The number of ether oxygens (including phenoxy) is 1. The van der Waals surface area contributed by atoms with Crippen LogP contribution in [0.25, 0.3) is 0 Å². The topological polar surface area (TPSA) is 119 Å². The number of hydrogen-bond acceptors (Lipinski definition) is 6. The first-order valence-corrected chi connectivity index (χ1v) is 6.21. The molecule has 5 N–H and O–H groups in total. The van der Waals surface area contributed by atoms with Crippen molar-refractivity contribution in [3.05, 3.63) is 35.9 Å². The second-order valence-electron chi connectivity index (χ2n) is 4.61. The van der Waals surface area contributed by atoms with Crippen molar-refractivity contribution in [2.75, 3.05) is 6.54 Å². The summed E-state index contributed by atoms with van der Waals surface area (Å²) in [5.74, 6) is -0.364. The van der Waals surface area contributed by atoms with Gasteiger partial charge >= 0.3 is 0 Å². The van der Waals surface area contributed by atoms with Gasteiger partial charge in [-0.3, -0.25) is 4.79 Å². The Labute approximate surface area is 115 Å². The molecule has 1 fully saturated rings. The number of nitrogens with one attached hydrogen (secondary N) is 1. The van der Waals surface area contributed by atoms with Crippen molar-refractivity contribution in [3.63, 3.8) is 0 Å². The molecule has 7 heteroatoms. The van der Waals surface area contributed by atoms with Crippen LogP contribution in [0.5, 0.6) is 0 Å². The first-order valence-electron chi connectivity index (χ1n) is 6.21. The number of aliphatic hydroxyl groups excluding tert-OH is 4. The molecule has 1 amide bonds. The maximum Gasteiger partial charge on any atom is 0.251 e. The van der Waals surface area contributed by atoms with Gasteiger partial charge in [0.2, 0.25) is 0 Å². The average Bonchev–Trinajstić information content (AvgIpc) is 2.48. The van der Waals surface area contributed by atoms with Crippen molar-refractivity contribution < 1.29 is 30.0 Å². The van der Waals surface area contributed by atoms with E-state index in [1.165, 1.54) is 0 Å². The summed E-state index contributed by atoms with van der Waals surface area (Å²) in [6, 6.07) is 8.45. The molecule has 1 saturated heterocycles. The molecule has 0 aliphatic carbocycles. The Hall–Kier alpha value is -1.51. The molecule has 0 aromatic heterocycles. The minimum absolute atomic E-state index is 0.101. The normalized spacial score (nSPS) is 33.7. The van der Waals surface area contributed by atoms with Gasteiger partial charge in [-0.25, -0.2) is 0 Å². The number of rotatable bonds is 3. The lowest BCUT2D eigenvalue weighted by atomic mass is 9.99. The van der Waals surface area contributed by atoms with E-state index in [2.05, 4.69) is 5.32 Å². The molecule has 0 bridgehead atoms. The zero-order valence-electron chi connectivity index (χ0n) is 10.6. The fourth-order valence-electron chi connectivity index (χ4n) is 1.98. The fourth-order valence-corrected chi connectivity index (χ4v) is 1.98. The second kappa shape index (κ2) is 6.29. The molecule has 1 heterocycles. The monoisotopic (exact) mass is 283 g/mol. The molecular formula is C13H17NO6. The van der Waals surface area contributed by atoms with E-state index in [-0.39, 0.29) is 12.5 Å². The van der Waals surface area contributed by atoms with E-state index in [4.69, 9.17) is 4.74 Å². The van der Waals surface area contributed by atoms with Crippen LogP contribution in [0.4, 0.5) is 0 Å². The van der Waals surface area contributed by atoms with E-state index >= 15 is 0 Å². The molecule has 0 spiro atoms. The number of carbonyl (C=O) groups is 1. The molecule has 1 aliphatic heterocycles. The van der Waals surface area contributed by atoms with Gasteiger partial charge in [0.25, 0.3) is 5.91 Å². The van der Waals surface area contributed by atoms with Gasteiger partial charge in [-0.1, -0.05) is 18.2 Å². The molecule has 1 aromatic rings. The van der Waals surface area contributed by atoms with Crippen LogP contribution < -0.4 is 5.32 Å². The van der Waals surface area contributed by atoms with Gasteiger partial charge in [-0.15, -0.1) is 0 Å². The minimum Gasteiger partial charge on any atom is -0.388 e. The lowest BCUT2D eigenvalue weighted by Gasteiger charge is -2.38. The Balaban J connectivity index is 1.92. The van der Waals surface area contributed by atoms with Crippen molar-refractivity contribution >= 4 is 5.91 Å². The van der Waals surface area contributed by atoms with Crippen LogP contribution in [0.2, 0.25) is 0 Å². The quantitative estimate of drug-likeness (QED) is 0.447. The fraction of sp³-hybridized carbons (Fsp3) is 0.462. The number of amides is 1. The van der Waals surface area contributed by atoms with E-state index in [1.54, 1.807) is 30.3 Å². The van der Waals surface area contributed by atoms with E-state index in [0.717, 1.165) is 0 Å². The predicted octanol–water partition coefficient (Wildman–Crippen LogP) is -1.78. The van der Waals surface area contributed by atoms with Crippen LogP contribution in [-0.4, -0.2) is 63.6 Å². The largest absolute Gasteiger partial charge is 0.388 e. The van der Waals surface area contributed by atoms with Gasteiger partial charge in [0.15, 0.2) is 6.29 Å². The molecule has 0 saturated carbocycles. The summed E-state index contributed by atoms with van der Waals surface area (Å²) in [6.45, 7) is -0.101. The molecule has 1 aliphatic rings. The standard InChI is InChI=1S/C13H17NO6/c15-9-8(20-13(19)11(17)10(9)16)6-14-12(18)7-4-2-1-3-5-7/h1-5,8-11,13,15-17,19H,6H2,(H,14,18)/t8-,9+,10+,11-,13?/m1/s1. The molecule has 1 unspecified atom stereocenters. The number of benzene rings is 1. The Kier molecular flexibility index (Phi) is 4.69. The van der Waals surface area contributed by atoms with Crippen molar-refractivity contribution in [2.45, 2.75) is 30.7 Å². The van der Waals surface area contributed by atoms with E-state index in [1.807, 2.05) is 0 Å². The zero-order chi connectivity index (χ0) is 14.7. The predicted molar refractivity (Wildman–Crippen MR) is 67.7 cm³/mol. The second-order valence-corrected chi connectivity index (χ2v) is 4.61. The van der Waals surface area contributed by atoms with Crippen molar-refractivity contribution in [2.24, 2.45) is 0 Å². The molecule has 7 nitrogen and oxygen atoms in total. The molecule has 1 aromatic carbocycles. The summed E-state index contributed by atoms with van der Waals surface area (Å²) in [5, 5.41) is 40.4. The van der Waals surface area contributed by atoms with Crippen molar-refractivity contribution in [1.82, 2.24) is 5.32 Å². The van der Waals surface area contributed by atoms with E-state index < -0.39 is 30.7 Å². The van der Waals surface area contributed by atoms with Gasteiger partial charge < -0.3 is 30.5 Å². The summed E-state index contributed by atoms with van der Waals surface area (Å²) < 4.78 is 4.95. The summed E-state index contributed by atoms with van der Waals surface area (Å²) in [5.41, 5.74) is 0.443. The van der Waals surface area contributed by atoms with Crippen LogP contribution in [0.3, 0.4) is 0 Å². The Morgan fingerprint density at radius 1 is 1.05 bits per heavy atom. The van der Waals surface area contributed by atoms with Crippen LogP contribution >= 0.6 is 0 Å². The maximum atomic E-state index is 11.8. The van der Waals surface area contributed by atoms with Crippen LogP contribution in [0, 0.1) is 0 Å². The van der Waals surface area contributed by atoms with Gasteiger partial charge in [0, 0.05) is 12.1 Å². The lowest BCUT2D eigenvalue weighted by Crippen LogP contribution is -2.59. The third-order valence-electron chi connectivity index (χ3n) is 3.19. The zero-order valence-corrected chi connectivity index (χ0v) is 10.6. The summed E-state index contributed by atoms with van der Waals surface area (Å²) in [7, 11) is 0. The van der Waals surface area contributed by atoms with Crippen LogP contribution in [-0.2, 0) is 4.74 Å². The number of hydrogen-bond donors (Lipinski definition) is 5. The lowest BCUT2D eigenvalue weighted by molar-refractivity contribution is -0.279. The van der Waals surface area contributed by atoms with E-state index in [9.17, 15) is 25.2 Å². The highest BCUT2D eigenvalue weighted by atomic mass is 16.6. The van der Waals surface area contributed by atoms with Gasteiger partial charge in [0.1, 0.15) is 24.4 Å². The number of carbonyl (C=O) groups excluding carboxylic acids is 1. The smallest absolute Gasteiger partial charge is 0.251 e. The SMILES string of the molecule is O=C(NC[C@H]1OC(O)[C@H](O)[C@@H](O)[C@H]1O)c1ccccc1. The van der Waals surface area contributed by atoms with Gasteiger partial charge in [-0.05, 0) is 12.1 Å². The van der Waals surface area contributed by atoms with Gasteiger partial charge in [-0.2, -0.15) is 0 Å². The van der Waals surface area contributed by atoms with Crippen LogP contribution in [0.15, 0.2) is 30.3 Å². The molecule has 20 heavy (non-hydrogen) atoms. The third kappa shape index (κ3) is 3.14. The average molecular weight is 283 g/mol. The van der Waals surface area contributed by atoms with Gasteiger partial charge in [0.05, 0.1) is 0 Å². The highest BCUT2D eigenvalue weighted by molar-refractivity contribution is 5.94. The Morgan fingerprint density at radius 2 is 1.70 bits per heavy atom. The number of aliphatic hydroxyl groups is 4. The summed E-state index contributed by atoms with van der Waals surface area (Å²) in [6.07, 6.45) is -7.11. The molecule has 2 rings (SSSR count). The van der Waals surface area contributed by atoms with Crippen molar-refractivity contribution in [1.29, 1.82) is 0 Å². The Bertz CT molecular complexity index is 453. The van der Waals surface area contributed by atoms with Crippen LogP contribution in [0.1, 0.15) is 10.4 Å². The Morgan fingerprint density at radius 3 is 2.35 bits per heavy atom. The molecule has 5 atom stereocenters. The highest BCUT2D eigenvalue weighted by Gasteiger charge is 2.42. The summed E-state index contributed by atoms with van der Waals surface area (Å²) in [4.78, 5) is 11.8. The minimum atomic E-state index is -1.60. The van der Waals surface area contributed by atoms with E-state index in [0.29, 0.717) is 5.56 Å². The maximum absolute atomic E-state index is 11.8. The first-order chi connectivity index (χ1) is 9.50. The third-order valence-corrected chi connectivity index (χ3v) is 3.19. The molecule has 110 valence electrons.